The molecule has 4 heteroatoms. The fourth-order valence-electron chi connectivity index (χ4n) is 3.13. The van der Waals surface area contributed by atoms with Gasteiger partial charge in [-0.2, -0.15) is 0 Å². The first-order valence-electron chi connectivity index (χ1n) is 9.14. The van der Waals surface area contributed by atoms with Gasteiger partial charge in [0.25, 0.3) is 0 Å². The highest BCUT2D eigenvalue weighted by molar-refractivity contribution is 7.22. The summed E-state index contributed by atoms with van der Waals surface area (Å²) < 4.78 is 1.23. The summed E-state index contributed by atoms with van der Waals surface area (Å²) in [6.07, 6.45) is 0. The minimum atomic E-state index is 0.693. The summed E-state index contributed by atoms with van der Waals surface area (Å²) in [5.41, 5.74) is 3.19. The van der Waals surface area contributed by atoms with Crippen LogP contribution in [0, 0.1) is 6.92 Å². The number of rotatable bonds is 3. The Balaban J connectivity index is 1.71. The Bertz CT molecular complexity index is 1230. The van der Waals surface area contributed by atoms with Crippen LogP contribution in [0.3, 0.4) is 0 Å². The topological polar surface area (TPSA) is 38.7 Å². The van der Waals surface area contributed by atoms with E-state index in [0.29, 0.717) is 17.5 Å². The molecule has 134 valence electrons. The third kappa shape index (κ3) is 3.19. The van der Waals surface area contributed by atoms with Gasteiger partial charge in [0, 0.05) is 15.8 Å². The zero-order valence-electron chi connectivity index (χ0n) is 15.3. The van der Waals surface area contributed by atoms with Crippen molar-refractivity contribution in [2.45, 2.75) is 6.92 Å². The molecule has 0 spiro atoms. The fourth-order valence-corrected chi connectivity index (χ4v) is 4.12. The van der Waals surface area contributed by atoms with Crippen LogP contribution in [0.2, 0.25) is 0 Å². The predicted molar refractivity (Wildman–Crippen MR) is 116 cm³/mol. The molecule has 5 rings (SSSR count). The summed E-state index contributed by atoms with van der Waals surface area (Å²) in [7, 11) is 0. The number of nitrogens with zero attached hydrogens (tertiary/aromatic N) is 3. The van der Waals surface area contributed by atoms with Crippen LogP contribution in [-0.4, -0.2) is 15.0 Å². The van der Waals surface area contributed by atoms with E-state index in [1.54, 1.807) is 11.3 Å². The van der Waals surface area contributed by atoms with Crippen molar-refractivity contribution in [1.29, 1.82) is 0 Å². The third-order valence-electron chi connectivity index (χ3n) is 4.62. The maximum Gasteiger partial charge on any atom is 0.174 e. The second-order valence-electron chi connectivity index (χ2n) is 6.69. The molecule has 0 unspecified atom stereocenters. The van der Waals surface area contributed by atoms with Crippen molar-refractivity contribution in [1.82, 2.24) is 15.0 Å². The SMILES string of the molecule is Cc1ccc(-c2nc(-c3ccccc3)nc(-c3cc4ccccc4s3)n2)cc1. The Labute approximate surface area is 167 Å². The number of thiophene rings is 1. The van der Waals surface area contributed by atoms with E-state index in [1.807, 2.05) is 30.3 Å². The number of hydrogen-bond donors (Lipinski definition) is 0. The Hall–Kier alpha value is -3.37. The maximum absolute atomic E-state index is 4.81. The zero-order chi connectivity index (χ0) is 18.9. The molecule has 0 aliphatic heterocycles. The minimum absolute atomic E-state index is 0.693. The van der Waals surface area contributed by atoms with Crippen molar-refractivity contribution in [3.8, 4) is 33.5 Å². The van der Waals surface area contributed by atoms with Crippen molar-refractivity contribution in [2.75, 3.05) is 0 Å². The molecule has 3 aromatic carbocycles. The van der Waals surface area contributed by atoms with Gasteiger partial charge in [-0.05, 0) is 24.4 Å². The fraction of sp³-hybridized carbons (Fsp3) is 0.0417. The average Bonchev–Trinajstić information content (AvgIpc) is 3.19. The Kier molecular flexibility index (Phi) is 4.18. The largest absolute Gasteiger partial charge is 0.208 e. The van der Waals surface area contributed by atoms with Gasteiger partial charge in [0.15, 0.2) is 17.5 Å². The molecule has 28 heavy (non-hydrogen) atoms. The van der Waals surface area contributed by atoms with Gasteiger partial charge in [-0.1, -0.05) is 78.4 Å². The van der Waals surface area contributed by atoms with Crippen LogP contribution in [0.4, 0.5) is 0 Å². The normalized spacial score (nSPS) is 11.0. The zero-order valence-corrected chi connectivity index (χ0v) is 16.1. The molecule has 2 heterocycles. The number of benzene rings is 3. The summed E-state index contributed by atoms with van der Waals surface area (Å²) in [5, 5.41) is 1.21. The Morgan fingerprint density at radius 1 is 0.607 bits per heavy atom. The monoisotopic (exact) mass is 379 g/mol. The average molecular weight is 379 g/mol. The van der Waals surface area contributed by atoms with Gasteiger partial charge in [0.1, 0.15) is 0 Å². The molecule has 0 saturated heterocycles. The molecule has 0 bridgehead atoms. The lowest BCUT2D eigenvalue weighted by Crippen LogP contribution is -1.99. The molecule has 0 aliphatic carbocycles. The van der Waals surface area contributed by atoms with Crippen LogP contribution in [0.25, 0.3) is 43.6 Å². The molecule has 0 N–H and O–H groups in total. The number of aromatic nitrogens is 3. The Morgan fingerprint density at radius 3 is 1.93 bits per heavy atom. The number of aryl methyl sites for hydroxylation is 1. The second-order valence-corrected chi connectivity index (χ2v) is 7.77. The quantitative estimate of drug-likeness (QED) is 0.364. The summed E-state index contributed by atoms with van der Waals surface area (Å²) in [4.78, 5) is 15.4. The third-order valence-corrected chi connectivity index (χ3v) is 5.74. The first-order chi connectivity index (χ1) is 13.8. The molecule has 0 fully saturated rings. The molecule has 2 aromatic heterocycles. The van der Waals surface area contributed by atoms with Crippen LogP contribution in [0.1, 0.15) is 5.56 Å². The van der Waals surface area contributed by atoms with Crippen molar-refractivity contribution in [2.24, 2.45) is 0 Å². The van der Waals surface area contributed by atoms with E-state index in [4.69, 9.17) is 15.0 Å². The van der Waals surface area contributed by atoms with Crippen molar-refractivity contribution in [3.05, 3.63) is 90.5 Å². The maximum atomic E-state index is 4.81. The molecule has 0 saturated carbocycles. The van der Waals surface area contributed by atoms with Gasteiger partial charge >= 0.3 is 0 Å². The van der Waals surface area contributed by atoms with Crippen LogP contribution in [0.5, 0.6) is 0 Å². The van der Waals surface area contributed by atoms with Gasteiger partial charge in [-0.15, -0.1) is 11.3 Å². The molecule has 0 amide bonds. The van der Waals surface area contributed by atoms with Gasteiger partial charge in [-0.25, -0.2) is 15.0 Å². The highest BCUT2D eigenvalue weighted by Gasteiger charge is 2.14. The summed E-state index contributed by atoms with van der Waals surface area (Å²) in [6.45, 7) is 2.08. The highest BCUT2D eigenvalue weighted by Crippen LogP contribution is 2.33. The first-order valence-corrected chi connectivity index (χ1v) is 9.95. The van der Waals surface area contributed by atoms with E-state index in [0.717, 1.165) is 16.0 Å². The van der Waals surface area contributed by atoms with E-state index in [-0.39, 0.29) is 0 Å². The van der Waals surface area contributed by atoms with Crippen molar-refractivity contribution >= 4 is 21.4 Å². The van der Waals surface area contributed by atoms with E-state index < -0.39 is 0 Å². The molecular weight excluding hydrogens is 362 g/mol. The lowest BCUT2D eigenvalue weighted by atomic mass is 10.1. The van der Waals surface area contributed by atoms with Gasteiger partial charge in [0.05, 0.1) is 4.88 Å². The molecule has 0 aliphatic rings. The smallest absolute Gasteiger partial charge is 0.174 e. The van der Waals surface area contributed by atoms with Crippen LogP contribution in [-0.2, 0) is 0 Å². The van der Waals surface area contributed by atoms with E-state index in [9.17, 15) is 0 Å². The van der Waals surface area contributed by atoms with Crippen LogP contribution < -0.4 is 0 Å². The summed E-state index contributed by atoms with van der Waals surface area (Å²) >= 11 is 1.71. The lowest BCUT2D eigenvalue weighted by Gasteiger charge is -2.07. The van der Waals surface area contributed by atoms with Crippen molar-refractivity contribution < 1.29 is 0 Å². The molecule has 5 aromatic rings. The van der Waals surface area contributed by atoms with E-state index in [1.165, 1.54) is 15.6 Å². The van der Waals surface area contributed by atoms with Gasteiger partial charge in [0.2, 0.25) is 0 Å². The van der Waals surface area contributed by atoms with Crippen molar-refractivity contribution in [3.63, 3.8) is 0 Å². The van der Waals surface area contributed by atoms with Crippen LogP contribution >= 0.6 is 11.3 Å². The molecule has 3 nitrogen and oxygen atoms in total. The van der Waals surface area contributed by atoms with Gasteiger partial charge in [-0.3, -0.25) is 0 Å². The molecular formula is C24H17N3S. The summed E-state index contributed by atoms with van der Waals surface area (Å²) in [5.74, 6) is 2.10. The highest BCUT2D eigenvalue weighted by atomic mass is 32.1. The Morgan fingerprint density at radius 2 is 1.21 bits per heavy atom. The second kappa shape index (κ2) is 6.98. The standard InChI is InChI=1S/C24H17N3S/c1-16-11-13-18(14-12-16)23-25-22(17-7-3-2-4-8-17)26-24(27-23)21-15-19-9-5-6-10-20(19)28-21/h2-15H,1H3. The molecule has 0 atom stereocenters. The lowest BCUT2D eigenvalue weighted by molar-refractivity contribution is 1.08. The van der Waals surface area contributed by atoms with E-state index in [2.05, 4.69) is 61.5 Å². The van der Waals surface area contributed by atoms with E-state index >= 15 is 0 Å². The predicted octanol–water partition coefficient (Wildman–Crippen LogP) is 6.40. The number of fused-ring (bicyclic) bond motifs is 1. The summed E-state index contributed by atoms with van der Waals surface area (Å²) in [6, 6.07) is 28.9. The molecule has 0 radical (unpaired) electrons. The first kappa shape index (κ1) is 16.8. The van der Waals surface area contributed by atoms with Gasteiger partial charge < -0.3 is 0 Å². The van der Waals surface area contributed by atoms with Crippen LogP contribution in [0.15, 0.2) is 84.9 Å². The minimum Gasteiger partial charge on any atom is -0.208 e. The number of hydrogen-bond acceptors (Lipinski definition) is 4.